The molecule has 0 aliphatic rings. The molecule has 23 heavy (non-hydrogen) atoms. The monoisotopic (exact) mass is 314 g/mol. The number of nitrogens with zero attached hydrogens (tertiary/aromatic N) is 1. The van der Waals surface area contributed by atoms with Crippen molar-refractivity contribution in [3.05, 3.63) is 65.5 Å². The minimum absolute atomic E-state index is 0.0316. The Labute approximate surface area is 137 Å². The number of halogens is 1. The molecule has 0 aliphatic carbocycles. The summed E-state index contributed by atoms with van der Waals surface area (Å²) < 4.78 is 12.8. The highest BCUT2D eigenvalue weighted by Crippen LogP contribution is 2.10. The SMILES string of the molecule is CCc1ccc(NC(=O)CN(C)CCc2ccc(F)cc2)cc1. The molecule has 0 aliphatic heterocycles. The molecule has 0 aromatic heterocycles. The molecule has 4 heteroatoms. The molecule has 2 rings (SSSR count). The van der Waals surface area contributed by atoms with E-state index < -0.39 is 0 Å². The first-order valence-electron chi connectivity index (χ1n) is 7.88. The van der Waals surface area contributed by atoms with Gasteiger partial charge < -0.3 is 5.32 Å². The first-order valence-corrected chi connectivity index (χ1v) is 7.88. The molecule has 1 N–H and O–H groups in total. The maximum Gasteiger partial charge on any atom is 0.238 e. The lowest BCUT2D eigenvalue weighted by molar-refractivity contribution is -0.117. The molecular formula is C19H23FN2O. The minimum Gasteiger partial charge on any atom is -0.325 e. The van der Waals surface area contributed by atoms with E-state index in [1.165, 1.54) is 17.7 Å². The summed E-state index contributed by atoms with van der Waals surface area (Å²) in [6.45, 7) is 3.17. The number of hydrogen-bond acceptors (Lipinski definition) is 2. The highest BCUT2D eigenvalue weighted by atomic mass is 19.1. The van der Waals surface area contributed by atoms with Gasteiger partial charge in [0.05, 0.1) is 6.54 Å². The van der Waals surface area contributed by atoms with Gasteiger partial charge in [0.25, 0.3) is 0 Å². The van der Waals surface area contributed by atoms with Crippen LogP contribution in [0.3, 0.4) is 0 Å². The number of carbonyl (C=O) groups excluding carboxylic acids is 1. The maximum absolute atomic E-state index is 12.8. The van der Waals surface area contributed by atoms with Crippen molar-refractivity contribution in [2.24, 2.45) is 0 Å². The molecule has 0 unspecified atom stereocenters. The van der Waals surface area contributed by atoms with Crippen LogP contribution in [0.15, 0.2) is 48.5 Å². The Morgan fingerprint density at radius 2 is 1.65 bits per heavy atom. The average molecular weight is 314 g/mol. The fraction of sp³-hybridized carbons (Fsp3) is 0.316. The van der Waals surface area contributed by atoms with Crippen molar-refractivity contribution in [1.82, 2.24) is 4.90 Å². The first-order chi connectivity index (χ1) is 11.1. The number of benzene rings is 2. The van der Waals surface area contributed by atoms with Crippen LogP contribution in [-0.2, 0) is 17.6 Å². The van der Waals surface area contributed by atoms with Crippen LogP contribution in [0.25, 0.3) is 0 Å². The zero-order chi connectivity index (χ0) is 16.7. The number of hydrogen-bond donors (Lipinski definition) is 1. The van der Waals surface area contributed by atoms with Crippen molar-refractivity contribution in [2.75, 3.05) is 25.5 Å². The third kappa shape index (κ3) is 5.83. The van der Waals surface area contributed by atoms with Crippen molar-refractivity contribution >= 4 is 11.6 Å². The second kappa shape index (κ2) is 8.44. The van der Waals surface area contributed by atoms with Crippen molar-refractivity contribution in [1.29, 1.82) is 0 Å². The number of carbonyl (C=O) groups is 1. The summed E-state index contributed by atoms with van der Waals surface area (Å²) in [5.41, 5.74) is 3.13. The van der Waals surface area contributed by atoms with E-state index in [9.17, 15) is 9.18 Å². The van der Waals surface area contributed by atoms with Crippen molar-refractivity contribution in [3.63, 3.8) is 0 Å². The molecule has 3 nitrogen and oxygen atoms in total. The van der Waals surface area contributed by atoms with Crippen molar-refractivity contribution in [3.8, 4) is 0 Å². The highest BCUT2D eigenvalue weighted by molar-refractivity contribution is 5.92. The van der Waals surface area contributed by atoms with Crippen LogP contribution in [-0.4, -0.2) is 30.9 Å². The van der Waals surface area contributed by atoms with Gasteiger partial charge in [0.1, 0.15) is 5.82 Å². The fourth-order valence-electron chi connectivity index (χ4n) is 2.32. The van der Waals surface area contributed by atoms with E-state index >= 15 is 0 Å². The Morgan fingerprint density at radius 3 is 2.26 bits per heavy atom. The van der Waals surface area contributed by atoms with Crippen LogP contribution in [0.1, 0.15) is 18.1 Å². The van der Waals surface area contributed by atoms with E-state index in [1.807, 2.05) is 36.2 Å². The zero-order valence-electron chi connectivity index (χ0n) is 13.7. The van der Waals surface area contributed by atoms with Crippen molar-refractivity contribution < 1.29 is 9.18 Å². The Morgan fingerprint density at radius 1 is 1.04 bits per heavy atom. The summed E-state index contributed by atoms with van der Waals surface area (Å²) in [6, 6.07) is 14.4. The van der Waals surface area contributed by atoms with Crippen LogP contribution in [0, 0.1) is 5.82 Å². The molecule has 0 radical (unpaired) electrons. The largest absolute Gasteiger partial charge is 0.325 e. The minimum atomic E-state index is -0.226. The number of likely N-dealkylation sites (N-methyl/N-ethyl adjacent to an activating group) is 1. The Bertz CT molecular complexity index is 623. The van der Waals surface area contributed by atoms with Gasteiger partial charge in [-0.15, -0.1) is 0 Å². The zero-order valence-corrected chi connectivity index (χ0v) is 13.7. The van der Waals surface area contributed by atoms with E-state index in [-0.39, 0.29) is 11.7 Å². The number of amides is 1. The van der Waals surface area contributed by atoms with Gasteiger partial charge in [0.15, 0.2) is 0 Å². The van der Waals surface area contributed by atoms with Gasteiger partial charge in [-0.05, 0) is 55.3 Å². The molecular weight excluding hydrogens is 291 g/mol. The smallest absolute Gasteiger partial charge is 0.238 e. The molecule has 0 bridgehead atoms. The van der Waals surface area contributed by atoms with Gasteiger partial charge in [-0.1, -0.05) is 31.2 Å². The molecule has 2 aromatic rings. The number of aryl methyl sites for hydroxylation is 1. The summed E-state index contributed by atoms with van der Waals surface area (Å²) in [5, 5.41) is 2.90. The fourth-order valence-corrected chi connectivity index (χ4v) is 2.32. The van der Waals surface area contributed by atoms with Crippen LogP contribution >= 0.6 is 0 Å². The molecule has 0 fully saturated rings. The summed E-state index contributed by atoms with van der Waals surface area (Å²) in [6.07, 6.45) is 1.77. The van der Waals surface area contributed by atoms with Crippen LogP contribution in [0.5, 0.6) is 0 Å². The number of rotatable bonds is 7. The topological polar surface area (TPSA) is 32.3 Å². The van der Waals surface area contributed by atoms with Gasteiger partial charge in [-0.25, -0.2) is 4.39 Å². The predicted octanol–water partition coefficient (Wildman–Crippen LogP) is 3.50. The summed E-state index contributed by atoms with van der Waals surface area (Å²) >= 11 is 0. The van der Waals surface area contributed by atoms with Crippen LogP contribution in [0.4, 0.5) is 10.1 Å². The van der Waals surface area contributed by atoms with E-state index in [1.54, 1.807) is 12.1 Å². The number of nitrogens with one attached hydrogen (secondary N) is 1. The van der Waals surface area contributed by atoms with Crippen LogP contribution in [0.2, 0.25) is 0 Å². The van der Waals surface area contributed by atoms with Gasteiger partial charge >= 0.3 is 0 Å². The van der Waals surface area contributed by atoms with Gasteiger partial charge in [-0.3, -0.25) is 9.69 Å². The average Bonchev–Trinajstić information content (AvgIpc) is 2.55. The second-order valence-electron chi connectivity index (χ2n) is 5.71. The Kier molecular flexibility index (Phi) is 6.29. The lowest BCUT2D eigenvalue weighted by atomic mass is 10.1. The first kappa shape index (κ1) is 17.2. The highest BCUT2D eigenvalue weighted by Gasteiger charge is 2.07. The third-order valence-electron chi connectivity index (χ3n) is 3.75. The number of anilines is 1. The molecule has 0 saturated heterocycles. The standard InChI is InChI=1S/C19H23FN2O/c1-3-15-6-10-18(11-7-15)21-19(23)14-22(2)13-12-16-4-8-17(20)9-5-16/h4-11H,3,12-14H2,1-2H3,(H,21,23). The quantitative estimate of drug-likeness (QED) is 0.848. The van der Waals surface area contributed by atoms with Gasteiger partial charge in [0, 0.05) is 12.2 Å². The van der Waals surface area contributed by atoms with Gasteiger partial charge in [0.2, 0.25) is 5.91 Å². The van der Waals surface area contributed by atoms with Crippen LogP contribution < -0.4 is 5.32 Å². The molecule has 122 valence electrons. The lowest BCUT2D eigenvalue weighted by Crippen LogP contribution is -2.31. The molecule has 2 aromatic carbocycles. The van der Waals surface area contributed by atoms with E-state index in [0.29, 0.717) is 6.54 Å². The third-order valence-corrected chi connectivity index (χ3v) is 3.75. The maximum atomic E-state index is 12.8. The summed E-state index contributed by atoms with van der Waals surface area (Å²) in [5.74, 6) is -0.258. The predicted molar refractivity (Wildman–Crippen MR) is 92.1 cm³/mol. The summed E-state index contributed by atoms with van der Waals surface area (Å²) in [7, 11) is 1.91. The normalized spacial score (nSPS) is 10.8. The molecule has 0 spiro atoms. The lowest BCUT2D eigenvalue weighted by Gasteiger charge is -2.16. The van der Waals surface area contributed by atoms with E-state index in [4.69, 9.17) is 0 Å². The Hall–Kier alpha value is -2.20. The second-order valence-corrected chi connectivity index (χ2v) is 5.71. The molecule has 0 saturated carbocycles. The molecule has 0 heterocycles. The van der Waals surface area contributed by atoms with Gasteiger partial charge in [-0.2, -0.15) is 0 Å². The van der Waals surface area contributed by atoms with Crippen molar-refractivity contribution in [2.45, 2.75) is 19.8 Å². The van der Waals surface area contributed by atoms with E-state index in [2.05, 4.69) is 12.2 Å². The molecule has 0 atom stereocenters. The Balaban J connectivity index is 1.76. The molecule has 1 amide bonds. The van der Waals surface area contributed by atoms with E-state index in [0.717, 1.165) is 30.6 Å². The summed E-state index contributed by atoms with van der Waals surface area (Å²) in [4.78, 5) is 14.0.